The third-order valence-electron chi connectivity index (χ3n) is 4.27. The van der Waals surface area contributed by atoms with Gasteiger partial charge in [-0.05, 0) is 64.2 Å². The van der Waals surface area contributed by atoms with E-state index in [0.717, 1.165) is 63.7 Å². The molecule has 0 saturated heterocycles. The molecule has 6 nitrogen and oxygen atoms in total. The van der Waals surface area contributed by atoms with Gasteiger partial charge in [-0.2, -0.15) is 0 Å². The highest BCUT2D eigenvalue weighted by molar-refractivity contribution is 6.84. The van der Waals surface area contributed by atoms with E-state index in [1.807, 2.05) is 0 Å². The lowest BCUT2D eigenvalue weighted by Crippen LogP contribution is -2.59. The molecule has 4 N–H and O–H groups in total. The second-order valence-electron chi connectivity index (χ2n) is 7.83. The molecule has 0 aromatic carbocycles. The molecule has 0 radical (unpaired) electrons. The molecule has 25 heavy (non-hydrogen) atoms. The molecule has 0 aliphatic heterocycles. The molecule has 0 spiro atoms. The third-order valence-corrected chi connectivity index (χ3v) is 14.8. The Hall–Kier alpha value is 0.411. The number of unbranched alkanes of at least 4 members (excludes halogenated alkanes) is 4. The van der Waals surface area contributed by atoms with Crippen molar-refractivity contribution in [2.45, 2.75) is 76.8 Å². The van der Waals surface area contributed by atoms with Crippen molar-refractivity contribution < 1.29 is 17.1 Å². The summed E-state index contributed by atoms with van der Waals surface area (Å²) in [6.07, 6.45) is 6.70. The van der Waals surface area contributed by atoms with Crippen molar-refractivity contribution >= 4 is 25.7 Å². The maximum Gasteiger partial charge on any atom is 0.657 e. The van der Waals surface area contributed by atoms with Crippen LogP contribution in [0.3, 0.4) is 0 Å². The maximum atomic E-state index is 6.46. The fraction of sp³-hybridized carbons (Fsp3) is 1.00. The van der Waals surface area contributed by atoms with Crippen LogP contribution in [0, 0.1) is 0 Å². The molecule has 9 heteroatoms. The van der Waals surface area contributed by atoms with Gasteiger partial charge in [0.1, 0.15) is 0 Å². The minimum atomic E-state index is -3.08. The highest BCUT2D eigenvalue weighted by Crippen LogP contribution is 2.27. The van der Waals surface area contributed by atoms with Crippen LogP contribution < -0.4 is 11.5 Å². The summed E-state index contributed by atoms with van der Waals surface area (Å²) in [5.41, 5.74) is 11.2. The summed E-state index contributed by atoms with van der Waals surface area (Å²) in [6, 6.07) is 2.13. The van der Waals surface area contributed by atoms with Gasteiger partial charge in [-0.25, -0.2) is 0 Å². The zero-order chi connectivity index (χ0) is 19.4. The van der Waals surface area contributed by atoms with Gasteiger partial charge >= 0.3 is 9.05 Å². The minimum Gasteiger partial charge on any atom is -0.395 e. The minimum absolute atomic E-state index is 0.755. The molecule has 0 aromatic heterocycles. The van der Waals surface area contributed by atoms with Crippen LogP contribution in [0.15, 0.2) is 0 Å². The summed E-state index contributed by atoms with van der Waals surface area (Å²) in [6.45, 7) is 10.4. The Kier molecular flexibility index (Phi) is 12.9. The molecule has 0 bridgehead atoms. The number of rotatable bonds is 16. The van der Waals surface area contributed by atoms with Crippen molar-refractivity contribution in [2.24, 2.45) is 11.5 Å². The molecular weight excluding hydrogens is 368 g/mol. The summed E-state index contributed by atoms with van der Waals surface area (Å²) in [5, 5.41) is 0. The van der Waals surface area contributed by atoms with Crippen LogP contribution in [-0.4, -0.2) is 53.0 Å². The smallest absolute Gasteiger partial charge is 0.395 e. The molecular formula is C16H42N2O4Si3. The SMILES string of the molecule is CO[Si](OC)(O[Si](C)(C)CCCCCN)O[Si](C)(C)CCCCCN. The zero-order valence-electron chi connectivity index (χ0n) is 17.4. The van der Waals surface area contributed by atoms with E-state index in [2.05, 4.69) is 26.2 Å². The summed E-state index contributed by atoms with van der Waals surface area (Å²) in [4.78, 5) is 0. The standard InChI is InChI=1S/C16H42N2O4Si3/c1-19-25(20-2,21-23(3,4)15-11-7-9-13-17)22-24(5,6)16-12-8-10-14-18/h7-18H2,1-6H3. The van der Waals surface area contributed by atoms with Crippen molar-refractivity contribution in [3.05, 3.63) is 0 Å². The molecule has 0 atom stereocenters. The van der Waals surface area contributed by atoms with Crippen LogP contribution in [0.25, 0.3) is 0 Å². The van der Waals surface area contributed by atoms with Crippen molar-refractivity contribution in [2.75, 3.05) is 27.3 Å². The van der Waals surface area contributed by atoms with Gasteiger partial charge < -0.3 is 28.5 Å². The Morgan fingerprint density at radius 1 is 0.600 bits per heavy atom. The Morgan fingerprint density at radius 2 is 0.960 bits per heavy atom. The maximum absolute atomic E-state index is 6.46. The first-order valence-electron chi connectivity index (χ1n) is 9.56. The fourth-order valence-corrected chi connectivity index (χ4v) is 13.3. The van der Waals surface area contributed by atoms with Crippen LogP contribution in [0.5, 0.6) is 0 Å². The van der Waals surface area contributed by atoms with Gasteiger partial charge in [-0.3, -0.25) is 0 Å². The van der Waals surface area contributed by atoms with Crippen LogP contribution in [0.1, 0.15) is 38.5 Å². The average molecular weight is 411 g/mol. The lowest BCUT2D eigenvalue weighted by molar-refractivity contribution is 0.0758. The molecule has 0 fully saturated rings. The Labute approximate surface area is 158 Å². The molecule has 0 unspecified atom stereocenters. The van der Waals surface area contributed by atoms with E-state index in [9.17, 15) is 0 Å². The van der Waals surface area contributed by atoms with Gasteiger partial charge in [0.15, 0.2) is 16.6 Å². The summed E-state index contributed by atoms with van der Waals surface area (Å²) in [7, 11) is -3.63. The van der Waals surface area contributed by atoms with Crippen LogP contribution in [0.2, 0.25) is 38.3 Å². The highest BCUT2D eigenvalue weighted by atomic mass is 28.5. The second kappa shape index (κ2) is 12.7. The third kappa shape index (κ3) is 11.7. The van der Waals surface area contributed by atoms with E-state index in [-0.39, 0.29) is 0 Å². The second-order valence-corrected chi connectivity index (χ2v) is 19.3. The monoisotopic (exact) mass is 410 g/mol. The molecule has 0 rings (SSSR count). The Bertz CT molecular complexity index is 315. The largest absolute Gasteiger partial charge is 0.657 e. The topological polar surface area (TPSA) is 89.0 Å². The first-order valence-corrected chi connectivity index (χ1v) is 17.4. The number of hydrogen-bond donors (Lipinski definition) is 2. The first kappa shape index (κ1) is 25.4. The molecule has 152 valence electrons. The zero-order valence-corrected chi connectivity index (χ0v) is 20.4. The van der Waals surface area contributed by atoms with Crippen molar-refractivity contribution in [3.8, 4) is 0 Å². The van der Waals surface area contributed by atoms with Crippen LogP contribution in [0.4, 0.5) is 0 Å². The lowest BCUT2D eigenvalue weighted by Gasteiger charge is -2.38. The summed E-state index contributed by atoms with van der Waals surface area (Å²) in [5.74, 6) is 0. The van der Waals surface area contributed by atoms with Crippen molar-refractivity contribution in [1.29, 1.82) is 0 Å². The molecule has 0 heterocycles. The fourth-order valence-electron chi connectivity index (χ4n) is 2.79. The molecule has 0 aliphatic carbocycles. The summed E-state index contributed by atoms with van der Waals surface area (Å²) < 4.78 is 24.4. The van der Waals surface area contributed by atoms with Gasteiger partial charge in [0, 0.05) is 14.2 Å². The lowest BCUT2D eigenvalue weighted by atomic mass is 10.2. The van der Waals surface area contributed by atoms with Crippen molar-refractivity contribution in [1.82, 2.24) is 0 Å². The molecule has 0 saturated carbocycles. The Balaban J connectivity index is 4.74. The molecule has 0 aromatic rings. The first-order chi connectivity index (χ1) is 11.7. The summed E-state index contributed by atoms with van der Waals surface area (Å²) >= 11 is 0. The molecule has 0 aliphatic rings. The number of nitrogens with two attached hydrogens (primary N) is 2. The quantitative estimate of drug-likeness (QED) is 0.299. The van der Waals surface area contributed by atoms with Crippen LogP contribution >= 0.6 is 0 Å². The average Bonchev–Trinajstić information content (AvgIpc) is 2.54. The Morgan fingerprint density at radius 3 is 1.24 bits per heavy atom. The normalized spacial score (nSPS) is 13.4. The van der Waals surface area contributed by atoms with Crippen molar-refractivity contribution in [3.63, 3.8) is 0 Å². The van der Waals surface area contributed by atoms with Gasteiger partial charge in [0.05, 0.1) is 0 Å². The number of hydrogen-bond acceptors (Lipinski definition) is 6. The predicted octanol–water partition coefficient (Wildman–Crippen LogP) is 3.42. The highest BCUT2D eigenvalue weighted by Gasteiger charge is 2.51. The van der Waals surface area contributed by atoms with E-state index in [4.69, 9.17) is 28.5 Å². The van der Waals surface area contributed by atoms with E-state index in [1.165, 1.54) is 0 Å². The van der Waals surface area contributed by atoms with E-state index < -0.39 is 25.7 Å². The van der Waals surface area contributed by atoms with Gasteiger partial charge in [-0.1, -0.05) is 25.7 Å². The molecule has 0 amide bonds. The van der Waals surface area contributed by atoms with E-state index >= 15 is 0 Å². The predicted molar refractivity (Wildman–Crippen MR) is 112 cm³/mol. The van der Waals surface area contributed by atoms with E-state index in [0.29, 0.717) is 0 Å². The van der Waals surface area contributed by atoms with Gasteiger partial charge in [0.2, 0.25) is 0 Å². The van der Waals surface area contributed by atoms with Crippen LogP contribution in [-0.2, 0) is 17.1 Å². The van der Waals surface area contributed by atoms with Gasteiger partial charge in [-0.15, -0.1) is 0 Å². The van der Waals surface area contributed by atoms with Gasteiger partial charge in [0.25, 0.3) is 0 Å². The van der Waals surface area contributed by atoms with E-state index in [1.54, 1.807) is 14.2 Å².